The molecule has 0 aliphatic heterocycles. The number of nitrogens with zero attached hydrogens (tertiary/aromatic N) is 1. The normalized spacial score (nSPS) is 12.8. The highest BCUT2D eigenvalue weighted by molar-refractivity contribution is 6.03. The molecule has 0 N–H and O–H groups in total. The molecule has 0 aromatic heterocycles. The van der Waals surface area contributed by atoms with Gasteiger partial charge in [-0.05, 0) is 125 Å². The van der Waals surface area contributed by atoms with Crippen molar-refractivity contribution in [2.45, 2.75) is 19.3 Å². The summed E-state index contributed by atoms with van der Waals surface area (Å²) < 4.78 is 0. The van der Waals surface area contributed by atoms with Crippen LogP contribution in [-0.4, -0.2) is 0 Å². The summed E-state index contributed by atoms with van der Waals surface area (Å²) in [7, 11) is 0. The van der Waals surface area contributed by atoms with Crippen LogP contribution >= 0.6 is 0 Å². The average Bonchev–Trinajstić information content (AvgIpc) is 3.52. The molecular weight excluding hydrogens is 699 g/mol. The summed E-state index contributed by atoms with van der Waals surface area (Å²) in [5, 5.41) is 7.43. The van der Waals surface area contributed by atoms with Gasteiger partial charge < -0.3 is 4.90 Å². The molecule has 0 heterocycles. The molecule has 1 aliphatic rings. The Morgan fingerprint density at radius 3 is 1.67 bits per heavy atom. The molecule has 1 heteroatoms. The second-order valence-electron chi connectivity index (χ2n) is 16.1. The number of fused-ring (bicyclic) bond motifs is 6. The van der Waals surface area contributed by atoms with E-state index in [2.05, 4.69) is 231 Å². The van der Waals surface area contributed by atoms with Crippen molar-refractivity contribution in [2.75, 3.05) is 4.90 Å². The lowest BCUT2D eigenvalue weighted by Gasteiger charge is -2.27. The number of hydrogen-bond donors (Lipinski definition) is 0. The zero-order chi connectivity index (χ0) is 38.8. The van der Waals surface area contributed by atoms with E-state index in [0.29, 0.717) is 0 Å². The van der Waals surface area contributed by atoms with Crippen molar-refractivity contribution in [1.29, 1.82) is 0 Å². The van der Waals surface area contributed by atoms with Crippen LogP contribution in [0, 0.1) is 0 Å². The quantitative estimate of drug-likeness (QED) is 0.164. The third-order valence-electron chi connectivity index (χ3n) is 12.5. The van der Waals surface area contributed by atoms with Gasteiger partial charge in [-0.1, -0.05) is 184 Å². The van der Waals surface area contributed by atoms with Gasteiger partial charge in [-0.3, -0.25) is 0 Å². The third kappa shape index (κ3) is 5.54. The lowest BCUT2D eigenvalue weighted by atomic mass is 9.82. The second kappa shape index (κ2) is 13.5. The lowest BCUT2D eigenvalue weighted by molar-refractivity contribution is 0.660. The average molecular weight is 740 g/mol. The molecule has 10 aromatic rings. The van der Waals surface area contributed by atoms with Gasteiger partial charge >= 0.3 is 0 Å². The summed E-state index contributed by atoms with van der Waals surface area (Å²) in [4.78, 5) is 2.43. The Bertz CT molecular complexity index is 3180. The Morgan fingerprint density at radius 1 is 0.328 bits per heavy atom. The molecule has 0 spiro atoms. The molecule has 0 atom stereocenters. The van der Waals surface area contributed by atoms with Crippen LogP contribution in [0.2, 0.25) is 0 Å². The smallest absolute Gasteiger partial charge is 0.0540 e. The largest absolute Gasteiger partial charge is 0.310 e. The maximum absolute atomic E-state index is 2.43. The van der Waals surface area contributed by atoms with E-state index in [9.17, 15) is 0 Å². The van der Waals surface area contributed by atoms with Gasteiger partial charge in [0.25, 0.3) is 0 Å². The summed E-state index contributed by atoms with van der Waals surface area (Å²) in [6, 6.07) is 78.2. The van der Waals surface area contributed by atoms with Gasteiger partial charge in [-0.15, -0.1) is 0 Å². The molecule has 0 bridgehead atoms. The van der Waals surface area contributed by atoms with Crippen molar-refractivity contribution in [3.8, 4) is 44.5 Å². The first-order chi connectivity index (χ1) is 28.5. The highest BCUT2D eigenvalue weighted by atomic mass is 15.1. The molecule has 1 nitrogen and oxygen atoms in total. The summed E-state index contributed by atoms with van der Waals surface area (Å²) in [5.74, 6) is 0. The number of rotatable bonds is 6. The molecule has 0 amide bonds. The molecule has 274 valence electrons. The predicted molar refractivity (Wildman–Crippen MR) is 248 cm³/mol. The highest BCUT2D eigenvalue weighted by Crippen LogP contribution is 2.52. The minimum atomic E-state index is -0.0576. The SMILES string of the molecule is CC1(C)c2ccccc2-c2c(-c3ccc4cccc(N(c5ccc(-c6ccc7ccccc7c6)cc5)c5ccc(-c6cccc7ccccc67)cc5)c4c3)cccc21. The minimum Gasteiger partial charge on any atom is -0.310 e. The lowest BCUT2D eigenvalue weighted by Crippen LogP contribution is -2.14. The topological polar surface area (TPSA) is 3.24 Å². The van der Waals surface area contributed by atoms with E-state index in [1.807, 2.05) is 0 Å². The van der Waals surface area contributed by atoms with Crippen molar-refractivity contribution >= 4 is 49.4 Å². The zero-order valence-electron chi connectivity index (χ0n) is 32.7. The van der Waals surface area contributed by atoms with Crippen LogP contribution in [0.4, 0.5) is 17.1 Å². The van der Waals surface area contributed by atoms with Gasteiger partial charge in [-0.2, -0.15) is 0 Å². The number of benzene rings is 10. The molecule has 11 rings (SSSR count). The van der Waals surface area contributed by atoms with Crippen LogP contribution < -0.4 is 4.90 Å². The number of anilines is 3. The summed E-state index contributed by atoms with van der Waals surface area (Å²) >= 11 is 0. The first-order valence-corrected chi connectivity index (χ1v) is 20.3. The monoisotopic (exact) mass is 739 g/mol. The van der Waals surface area contributed by atoms with E-state index in [-0.39, 0.29) is 5.41 Å². The van der Waals surface area contributed by atoms with Crippen molar-refractivity contribution < 1.29 is 0 Å². The van der Waals surface area contributed by atoms with Gasteiger partial charge in [0, 0.05) is 22.2 Å². The standard InChI is InChI=1S/C57H41N/c1-57(2)53-21-8-7-18-51(53)56-50(20-11-22-54(56)57)45-27-25-41-16-10-23-55(52(41)37-45)58(46-32-28-39(29-33-46)44-26-24-38-12-3-4-14-43(38)36-44)47-34-30-42(31-35-47)49-19-9-15-40-13-5-6-17-48(40)49/h3-37H,1-2H3. The van der Waals surface area contributed by atoms with Crippen molar-refractivity contribution in [3.05, 3.63) is 223 Å². The zero-order valence-corrected chi connectivity index (χ0v) is 32.7. The predicted octanol–water partition coefficient (Wildman–Crippen LogP) is 15.9. The van der Waals surface area contributed by atoms with Crippen molar-refractivity contribution in [1.82, 2.24) is 0 Å². The first-order valence-electron chi connectivity index (χ1n) is 20.3. The molecule has 1 aliphatic carbocycles. The van der Waals surface area contributed by atoms with Gasteiger partial charge in [0.15, 0.2) is 0 Å². The molecular formula is C57H41N. The van der Waals surface area contributed by atoms with Gasteiger partial charge in [0.2, 0.25) is 0 Å². The van der Waals surface area contributed by atoms with E-state index in [0.717, 1.165) is 17.1 Å². The Labute approximate surface area is 340 Å². The maximum atomic E-state index is 2.43. The van der Waals surface area contributed by atoms with Gasteiger partial charge in [0.1, 0.15) is 0 Å². The molecule has 0 fully saturated rings. The van der Waals surface area contributed by atoms with E-state index in [4.69, 9.17) is 0 Å². The molecule has 0 saturated heterocycles. The van der Waals surface area contributed by atoms with Crippen LogP contribution in [0.1, 0.15) is 25.0 Å². The Balaban J connectivity index is 1.07. The Morgan fingerprint density at radius 2 is 0.862 bits per heavy atom. The minimum absolute atomic E-state index is 0.0576. The van der Waals surface area contributed by atoms with Crippen molar-refractivity contribution in [3.63, 3.8) is 0 Å². The van der Waals surface area contributed by atoms with E-state index >= 15 is 0 Å². The van der Waals surface area contributed by atoms with E-state index < -0.39 is 0 Å². The summed E-state index contributed by atoms with van der Waals surface area (Å²) in [5.41, 5.74) is 16.1. The van der Waals surface area contributed by atoms with Crippen LogP contribution in [0.25, 0.3) is 76.8 Å². The molecule has 0 saturated carbocycles. The van der Waals surface area contributed by atoms with Crippen LogP contribution in [0.5, 0.6) is 0 Å². The van der Waals surface area contributed by atoms with Crippen LogP contribution in [0.15, 0.2) is 212 Å². The fraction of sp³-hybridized carbons (Fsp3) is 0.0526. The summed E-state index contributed by atoms with van der Waals surface area (Å²) in [6.07, 6.45) is 0. The molecule has 10 aromatic carbocycles. The Kier molecular flexibility index (Phi) is 7.91. The van der Waals surface area contributed by atoms with Crippen molar-refractivity contribution in [2.24, 2.45) is 0 Å². The molecule has 58 heavy (non-hydrogen) atoms. The summed E-state index contributed by atoms with van der Waals surface area (Å²) in [6.45, 7) is 4.71. The molecule has 0 radical (unpaired) electrons. The maximum Gasteiger partial charge on any atom is 0.0540 e. The number of hydrogen-bond acceptors (Lipinski definition) is 1. The Hall–Kier alpha value is -7.22. The fourth-order valence-electron chi connectivity index (χ4n) is 9.48. The van der Waals surface area contributed by atoms with Crippen LogP contribution in [0.3, 0.4) is 0 Å². The van der Waals surface area contributed by atoms with Crippen LogP contribution in [-0.2, 0) is 5.41 Å². The van der Waals surface area contributed by atoms with Gasteiger partial charge in [-0.25, -0.2) is 0 Å². The van der Waals surface area contributed by atoms with E-state index in [1.54, 1.807) is 0 Å². The second-order valence-corrected chi connectivity index (χ2v) is 16.1. The fourth-order valence-corrected chi connectivity index (χ4v) is 9.48. The van der Waals surface area contributed by atoms with Gasteiger partial charge in [0.05, 0.1) is 5.69 Å². The van der Waals surface area contributed by atoms with E-state index in [1.165, 1.54) is 88.0 Å². The molecule has 0 unspecified atom stereocenters. The third-order valence-corrected chi connectivity index (χ3v) is 12.5. The first kappa shape index (κ1) is 34.1. The highest BCUT2D eigenvalue weighted by Gasteiger charge is 2.36.